The van der Waals surface area contributed by atoms with Crippen molar-refractivity contribution in [3.05, 3.63) is 46.3 Å². The van der Waals surface area contributed by atoms with E-state index < -0.39 is 0 Å². The molecule has 3 aromatic heterocycles. The van der Waals surface area contributed by atoms with E-state index in [1.807, 2.05) is 35.0 Å². The minimum atomic E-state index is 0. The van der Waals surface area contributed by atoms with Gasteiger partial charge in [-0.15, -0.1) is 45.5 Å². The molecule has 0 spiro atoms. The highest BCUT2D eigenvalue weighted by Crippen LogP contribution is 2.10. The van der Waals surface area contributed by atoms with Gasteiger partial charge in [-0.05, 0) is 32.4 Å². The average Bonchev–Trinajstić information content (AvgIpc) is 3.25. The number of hydrogen-bond donors (Lipinski definition) is 2. The summed E-state index contributed by atoms with van der Waals surface area (Å²) in [7, 11) is 0. The van der Waals surface area contributed by atoms with Gasteiger partial charge >= 0.3 is 0 Å². The van der Waals surface area contributed by atoms with Crippen molar-refractivity contribution in [3.8, 4) is 0 Å². The second-order valence-corrected chi connectivity index (χ2v) is 7.27. The van der Waals surface area contributed by atoms with Crippen LogP contribution >= 0.6 is 35.3 Å². The Hall–Kier alpha value is -1.75. The second-order valence-electron chi connectivity index (χ2n) is 5.95. The van der Waals surface area contributed by atoms with Crippen LogP contribution in [-0.2, 0) is 12.8 Å². The van der Waals surface area contributed by atoms with Gasteiger partial charge in [0.2, 0.25) is 0 Å². The maximum atomic E-state index is 4.65. The SMILES string of the molecule is CCNC(=NCCCc1nnc2ccccn12)NCCc1ncc(C)s1.I. The van der Waals surface area contributed by atoms with Crippen LogP contribution in [0.3, 0.4) is 0 Å². The Bertz CT molecular complexity index is 858. The fourth-order valence-electron chi connectivity index (χ4n) is 2.64. The summed E-state index contributed by atoms with van der Waals surface area (Å²) in [5.74, 6) is 1.83. The van der Waals surface area contributed by atoms with Crippen LogP contribution in [-0.4, -0.2) is 45.2 Å². The molecule has 0 aliphatic heterocycles. The minimum Gasteiger partial charge on any atom is -0.357 e. The average molecular weight is 499 g/mol. The Kier molecular flexibility index (Phi) is 8.92. The number of pyridine rings is 1. The predicted octanol–water partition coefficient (Wildman–Crippen LogP) is 2.84. The fraction of sp³-hybridized carbons (Fsp3) is 0.444. The molecule has 7 nitrogen and oxygen atoms in total. The molecule has 3 rings (SSSR count). The number of aliphatic imine (C=N–C) groups is 1. The van der Waals surface area contributed by atoms with Gasteiger partial charge in [-0.1, -0.05) is 6.07 Å². The Morgan fingerprint density at radius 1 is 1.22 bits per heavy atom. The van der Waals surface area contributed by atoms with E-state index in [4.69, 9.17) is 0 Å². The van der Waals surface area contributed by atoms with E-state index in [1.165, 1.54) is 4.88 Å². The number of nitrogens with one attached hydrogen (secondary N) is 2. The minimum absolute atomic E-state index is 0. The molecule has 0 aliphatic carbocycles. The van der Waals surface area contributed by atoms with Gasteiger partial charge in [0.05, 0.1) is 5.01 Å². The van der Waals surface area contributed by atoms with Gasteiger partial charge in [0, 0.05) is 49.7 Å². The van der Waals surface area contributed by atoms with E-state index >= 15 is 0 Å². The molecule has 0 unspecified atom stereocenters. The predicted molar refractivity (Wildman–Crippen MR) is 121 cm³/mol. The normalized spacial score (nSPS) is 11.4. The lowest BCUT2D eigenvalue weighted by Crippen LogP contribution is -2.38. The summed E-state index contributed by atoms with van der Waals surface area (Å²) in [6, 6.07) is 5.93. The van der Waals surface area contributed by atoms with Crippen LogP contribution in [0.5, 0.6) is 0 Å². The first-order valence-electron chi connectivity index (χ1n) is 8.98. The lowest BCUT2D eigenvalue weighted by atomic mass is 10.3. The standard InChI is InChI=1S/C18H25N7S.HI/c1-3-19-18(21-11-9-17-22-13-14(2)26-17)20-10-6-8-16-24-23-15-7-4-5-12-25(15)16;/h4-5,7,12-13H,3,6,8-11H2,1-2H3,(H2,19,20,21);1H. The van der Waals surface area contributed by atoms with Gasteiger partial charge in [-0.3, -0.25) is 9.39 Å². The zero-order chi connectivity index (χ0) is 18.2. The van der Waals surface area contributed by atoms with Crippen LogP contribution in [0.4, 0.5) is 0 Å². The third kappa shape index (κ3) is 6.42. The zero-order valence-corrected chi connectivity index (χ0v) is 18.8. The second kappa shape index (κ2) is 11.2. The largest absolute Gasteiger partial charge is 0.357 e. The van der Waals surface area contributed by atoms with Gasteiger partial charge < -0.3 is 10.6 Å². The summed E-state index contributed by atoms with van der Waals surface area (Å²) in [5.41, 5.74) is 0.887. The van der Waals surface area contributed by atoms with Crippen molar-refractivity contribution in [2.75, 3.05) is 19.6 Å². The van der Waals surface area contributed by atoms with Crippen molar-refractivity contribution in [3.63, 3.8) is 0 Å². The van der Waals surface area contributed by atoms with Crippen molar-refractivity contribution < 1.29 is 0 Å². The maximum Gasteiger partial charge on any atom is 0.191 e. The highest BCUT2D eigenvalue weighted by atomic mass is 127. The first-order valence-corrected chi connectivity index (χ1v) is 9.80. The van der Waals surface area contributed by atoms with Crippen molar-refractivity contribution >= 4 is 46.9 Å². The van der Waals surface area contributed by atoms with Gasteiger partial charge in [-0.25, -0.2) is 4.98 Å². The van der Waals surface area contributed by atoms with E-state index in [-0.39, 0.29) is 24.0 Å². The molecule has 146 valence electrons. The molecule has 0 atom stereocenters. The van der Waals surface area contributed by atoms with Crippen molar-refractivity contribution in [2.45, 2.75) is 33.1 Å². The molecular formula is C18H26IN7S. The third-order valence-electron chi connectivity index (χ3n) is 3.86. The Balaban J connectivity index is 0.00000261. The van der Waals surface area contributed by atoms with E-state index in [1.54, 1.807) is 11.3 Å². The van der Waals surface area contributed by atoms with Gasteiger partial charge in [0.1, 0.15) is 5.82 Å². The van der Waals surface area contributed by atoms with Gasteiger partial charge in [0.25, 0.3) is 0 Å². The first-order chi connectivity index (χ1) is 12.8. The number of thiazole rings is 1. The Morgan fingerprint density at radius 3 is 2.89 bits per heavy atom. The van der Waals surface area contributed by atoms with Crippen LogP contribution in [0.15, 0.2) is 35.6 Å². The van der Waals surface area contributed by atoms with E-state index in [2.05, 4.69) is 44.7 Å². The monoisotopic (exact) mass is 499 g/mol. The summed E-state index contributed by atoms with van der Waals surface area (Å²) in [5, 5.41) is 16.3. The lowest BCUT2D eigenvalue weighted by molar-refractivity contribution is 0.749. The fourth-order valence-corrected chi connectivity index (χ4v) is 3.42. The number of fused-ring (bicyclic) bond motifs is 1. The molecule has 27 heavy (non-hydrogen) atoms. The quantitative estimate of drug-likeness (QED) is 0.216. The van der Waals surface area contributed by atoms with Crippen LogP contribution < -0.4 is 10.6 Å². The van der Waals surface area contributed by atoms with Crippen LogP contribution in [0.1, 0.15) is 29.1 Å². The summed E-state index contributed by atoms with van der Waals surface area (Å²) in [6.07, 6.45) is 6.62. The molecule has 0 fully saturated rings. The Morgan fingerprint density at radius 2 is 2.11 bits per heavy atom. The number of aromatic nitrogens is 4. The molecule has 0 radical (unpaired) electrons. The smallest absolute Gasteiger partial charge is 0.191 e. The number of hydrogen-bond acceptors (Lipinski definition) is 5. The molecule has 3 aromatic rings. The molecule has 0 bridgehead atoms. The summed E-state index contributed by atoms with van der Waals surface area (Å²) in [6.45, 7) is 6.57. The van der Waals surface area contributed by atoms with Crippen molar-refractivity contribution in [2.24, 2.45) is 4.99 Å². The number of nitrogens with zero attached hydrogens (tertiary/aromatic N) is 5. The molecule has 0 saturated carbocycles. The summed E-state index contributed by atoms with van der Waals surface area (Å²) in [4.78, 5) is 10.3. The molecule has 3 heterocycles. The van der Waals surface area contributed by atoms with Crippen molar-refractivity contribution in [1.29, 1.82) is 0 Å². The lowest BCUT2D eigenvalue weighted by Gasteiger charge is -2.10. The summed E-state index contributed by atoms with van der Waals surface area (Å²) >= 11 is 1.75. The number of aryl methyl sites for hydroxylation is 2. The number of guanidine groups is 1. The van der Waals surface area contributed by atoms with Crippen molar-refractivity contribution in [1.82, 2.24) is 30.2 Å². The maximum absolute atomic E-state index is 4.65. The molecular weight excluding hydrogens is 473 g/mol. The Labute approximate surface area is 180 Å². The molecule has 0 saturated heterocycles. The summed E-state index contributed by atoms with van der Waals surface area (Å²) < 4.78 is 2.03. The number of rotatable bonds is 8. The molecule has 9 heteroatoms. The highest BCUT2D eigenvalue weighted by Gasteiger charge is 2.04. The first kappa shape index (κ1) is 21.5. The molecule has 2 N–H and O–H groups in total. The van der Waals surface area contributed by atoms with E-state index in [9.17, 15) is 0 Å². The van der Waals surface area contributed by atoms with Crippen LogP contribution in [0, 0.1) is 6.92 Å². The topological polar surface area (TPSA) is 79.5 Å². The van der Waals surface area contributed by atoms with E-state index in [0.29, 0.717) is 0 Å². The van der Waals surface area contributed by atoms with Crippen LogP contribution in [0.25, 0.3) is 5.65 Å². The molecule has 0 aromatic carbocycles. The molecule has 0 amide bonds. The number of halogens is 1. The third-order valence-corrected chi connectivity index (χ3v) is 4.83. The zero-order valence-electron chi connectivity index (χ0n) is 15.7. The molecule has 0 aliphatic rings. The van der Waals surface area contributed by atoms with Gasteiger partial charge in [0.15, 0.2) is 11.6 Å². The van der Waals surface area contributed by atoms with Gasteiger partial charge in [-0.2, -0.15) is 0 Å². The highest BCUT2D eigenvalue weighted by molar-refractivity contribution is 14.0. The van der Waals surface area contributed by atoms with E-state index in [0.717, 1.165) is 61.3 Å². The van der Waals surface area contributed by atoms with Crippen LogP contribution in [0.2, 0.25) is 0 Å².